The van der Waals surface area contributed by atoms with E-state index in [1.54, 1.807) is 24.3 Å². The molecule has 0 aliphatic rings. The highest BCUT2D eigenvalue weighted by Gasteiger charge is 2.09. The second-order valence-electron chi connectivity index (χ2n) is 6.46. The number of amides is 1. The molecule has 4 nitrogen and oxygen atoms in total. The van der Waals surface area contributed by atoms with E-state index in [0.29, 0.717) is 24.3 Å². The molecule has 0 heterocycles. The fourth-order valence-corrected chi connectivity index (χ4v) is 2.55. The fourth-order valence-electron chi connectivity index (χ4n) is 2.55. The molecule has 0 aliphatic heterocycles. The number of ether oxygens (including phenoxy) is 1. The molecule has 1 amide bonds. The van der Waals surface area contributed by atoms with E-state index in [-0.39, 0.29) is 11.9 Å². The number of anilines is 1. The Balaban J connectivity index is 1.80. The first kappa shape index (κ1) is 19.7. The summed E-state index contributed by atoms with van der Waals surface area (Å²) in [7, 11) is 0. The quantitative estimate of drug-likeness (QED) is 0.514. The zero-order chi connectivity index (χ0) is 18.8. The maximum atomic E-state index is 12.1. The van der Waals surface area contributed by atoms with E-state index < -0.39 is 0 Å². The predicted octanol–water partition coefficient (Wildman–Crippen LogP) is 4.91. The summed E-state index contributed by atoms with van der Waals surface area (Å²) in [6, 6.07) is 15.2. The molecule has 0 saturated heterocycles. The number of esters is 1. The summed E-state index contributed by atoms with van der Waals surface area (Å²) in [5.74, 6) is -0.400. The van der Waals surface area contributed by atoms with E-state index in [2.05, 4.69) is 36.5 Å². The first-order valence-electron chi connectivity index (χ1n) is 9.21. The van der Waals surface area contributed by atoms with Crippen molar-refractivity contribution in [2.24, 2.45) is 0 Å². The van der Waals surface area contributed by atoms with E-state index in [4.69, 9.17) is 4.74 Å². The lowest BCUT2D eigenvalue weighted by Gasteiger charge is -2.08. The fraction of sp³-hybridized carbons (Fsp3) is 0.364. The number of nitrogens with one attached hydrogen (secondary N) is 1. The van der Waals surface area contributed by atoms with Crippen molar-refractivity contribution in [3.05, 3.63) is 65.2 Å². The van der Waals surface area contributed by atoms with Crippen molar-refractivity contribution in [2.75, 3.05) is 11.9 Å². The molecular weight excluding hydrogens is 326 g/mol. The van der Waals surface area contributed by atoms with Crippen molar-refractivity contribution < 1.29 is 14.3 Å². The van der Waals surface area contributed by atoms with Gasteiger partial charge in [-0.15, -0.1) is 0 Å². The SMILES string of the molecule is CCCCOC(=O)c1cccc(NC(=O)CCCc2ccc(C)cc2)c1. The number of hydrogen-bond donors (Lipinski definition) is 1. The summed E-state index contributed by atoms with van der Waals surface area (Å²) in [4.78, 5) is 24.1. The summed E-state index contributed by atoms with van der Waals surface area (Å²) in [6.45, 7) is 4.53. The Bertz CT molecular complexity index is 722. The third kappa shape index (κ3) is 6.71. The molecular formula is C22H27NO3. The molecule has 1 N–H and O–H groups in total. The van der Waals surface area contributed by atoms with Crippen LogP contribution in [0.5, 0.6) is 0 Å². The van der Waals surface area contributed by atoms with Crippen LogP contribution in [0, 0.1) is 6.92 Å². The van der Waals surface area contributed by atoms with Crippen LogP contribution in [-0.4, -0.2) is 18.5 Å². The predicted molar refractivity (Wildman–Crippen MR) is 104 cm³/mol. The molecule has 0 spiro atoms. The Morgan fingerprint density at radius 3 is 2.54 bits per heavy atom. The summed E-state index contributed by atoms with van der Waals surface area (Å²) in [5, 5.41) is 2.85. The summed E-state index contributed by atoms with van der Waals surface area (Å²) >= 11 is 0. The van der Waals surface area contributed by atoms with Gasteiger partial charge < -0.3 is 10.1 Å². The Morgan fingerprint density at radius 1 is 1.04 bits per heavy atom. The van der Waals surface area contributed by atoms with Crippen molar-refractivity contribution in [3.8, 4) is 0 Å². The Morgan fingerprint density at radius 2 is 1.81 bits per heavy atom. The highest BCUT2D eigenvalue weighted by atomic mass is 16.5. The van der Waals surface area contributed by atoms with Gasteiger partial charge in [-0.1, -0.05) is 49.2 Å². The van der Waals surface area contributed by atoms with Gasteiger partial charge in [-0.3, -0.25) is 4.79 Å². The van der Waals surface area contributed by atoms with Crippen LogP contribution in [-0.2, 0) is 16.0 Å². The van der Waals surface area contributed by atoms with Crippen molar-refractivity contribution in [3.63, 3.8) is 0 Å². The molecule has 0 bridgehead atoms. The van der Waals surface area contributed by atoms with Crippen LogP contribution < -0.4 is 5.32 Å². The molecule has 4 heteroatoms. The van der Waals surface area contributed by atoms with Crippen LogP contribution in [0.15, 0.2) is 48.5 Å². The van der Waals surface area contributed by atoms with Crippen LogP contribution in [0.2, 0.25) is 0 Å². The molecule has 0 radical (unpaired) electrons. The lowest BCUT2D eigenvalue weighted by Crippen LogP contribution is -2.12. The normalized spacial score (nSPS) is 10.4. The molecule has 2 rings (SSSR count). The Labute approximate surface area is 155 Å². The zero-order valence-electron chi connectivity index (χ0n) is 15.6. The molecule has 0 aliphatic carbocycles. The van der Waals surface area contributed by atoms with Crippen LogP contribution in [0.25, 0.3) is 0 Å². The van der Waals surface area contributed by atoms with Gasteiger partial charge in [-0.2, -0.15) is 0 Å². The van der Waals surface area contributed by atoms with Crippen molar-refractivity contribution in [1.29, 1.82) is 0 Å². The van der Waals surface area contributed by atoms with Gasteiger partial charge in [0.25, 0.3) is 0 Å². The van der Waals surface area contributed by atoms with Crippen molar-refractivity contribution in [2.45, 2.75) is 46.0 Å². The molecule has 0 aromatic heterocycles. The summed E-state index contributed by atoms with van der Waals surface area (Å²) in [6.07, 6.45) is 3.93. The van der Waals surface area contributed by atoms with E-state index in [9.17, 15) is 9.59 Å². The van der Waals surface area contributed by atoms with Crippen LogP contribution in [0.3, 0.4) is 0 Å². The van der Waals surface area contributed by atoms with Crippen molar-refractivity contribution in [1.82, 2.24) is 0 Å². The largest absolute Gasteiger partial charge is 0.462 e. The number of benzene rings is 2. The van der Waals surface area contributed by atoms with Gasteiger partial charge in [0.2, 0.25) is 5.91 Å². The average molecular weight is 353 g/mol. The topological polar surface area (TPSA) is 55.4 Å². The lowest BCUT2D eigenvalue weighted by molar-refractivity contribution is -0.116. The summed E-state index contributed by atoms with van der Waals surface area (Å²) in [5.41, 5.74) is 3.55. The standard InChI is InChI=1S/C22H27NO3/c1-3-4-15-26-22(25)19-8-6-9-20(16-19)23-21(24)10-5-7-18-13-11-17(2)12-14-18/h6,8-9,11-14,16H,3-5,7,10,15H2,1-2H3,(H,23,24). The van der Waals surface area contributed by atoms with Gasteiger partial charge in [0.05, 0.1) is 12.2 Å². The van der Waals surface area contributed by atoms with E-state index in [1.807, 2.05) is 6.92 Å². The third-order valence-corrected chi connectivity index (χ3v) is 4.10. The van der Waals surface area contributed by atoms with Crippen LogP contribution in [0.1, 0.15) is 54.1 Å². The smallest absolute Gasteiger partial charge is 0.338 e. The maximum Gasteiger partial charge on any atom is 0.338 e. The van der Waals surface area contributed by atoms with Crippen LogP contribution >= 0.6 is 0 Å². The highest BCUT2D eigenvalue weighted by Crippen LogP contribution is 2.13. The van der Waals surface area contributed by atoms with E-state index >= 15 is 0 Å². The lowest BCUT2D eigenvalue weighted by atomic mass is 10.1. The van der Waals surface area contributed by atoms with Gasteiger partial charge >= 0.3 is 5.97 Å². The number of unbranched alkanes of at least 4 members (excludes halogenated alkanes) is 1. The second-order valence-corrected chi connectivity index (χ2v) is 6.46. The second kappa shape index (κ2) is 10.4. The van der Waals surface area contributed by atoms with Gasteiger partial charge in [0, 0.05) is 12.1 Å². The number of aryl methyl sites for hydroxylation is 2. The molecule has 0 unspecified atom stereocenters. The number of carbonyl (C=O) groups is 2. The molecule has 26 heavy (non-hydrogen) atoms. The van der Waals surface area contributed by atoms with Crippen molar-refractivity contribution >= 4 is 17.6 Å². The Hall–Kier alpha value is -2.62. The highest BCUT2D eigenvalue weighted by molar-refractivity contribution is 5.94. The summed E-state index contributed by atoms with van der Waals surface area (Å²) < 4.78 is 5.20. The minimum atomic E-state index is -0.353. The zero-order valence-corrected chi connectivity index (χ0v) is 15.6. The number of hydrogen-bond acceptors (Lipinski definition) is 3. The monoisotopic (exact) mass is 353 g/mol. The number of carbonyl (C=O) groups excluding carboxylic acids is 2. The minimum absolute atomic E-state index is 0.0476. The first-order valence-corrected chi connectivity index (χ1v) is 9.21. The third-order valence-electron chi connectivity index (χ3n) is 4.10. The molecule has 0 saturated carbocycles. The average Bonchev–Trinajstić information content (AvgIpc) is 2.64. The first-order chi connectivity index (χ1) is 12.6. The van der Waals surface area contributed by atoms with E-state index in [0.717, 1.165) is 25.7 Å². The minimum Gasteiger partial charge on any atom is -0.462 e. The molecule has 2 aromatic carbocycles. The molecule has 138 valence electrons. The number of rotatable bonds is 9. The maximum absolute atomic E-state index is 12.1. The van der Waals surface area contributed by atoms with Gasteiger partial charge in [-0.05, 0) is 49.9 Å². The Kier molecular flexibility index (Phi) is 7.87. The molecule has 0 fully saturated rings. The molecule has 2 aromatic rings. The van der Waals surface area contributed by atoms with Gasteiger partial charge in [0.1, 0.15) is 0 Å². The van der Waals surface area contributed by atoms with E-state index in [1.165, 1.54) is 11.1 Å². The van der Waals surface area contributed by atoms with Crippen LogP contribution in [0.4, 0.5) is 5.69 Å². The van der Waals surface area contributed by atoms with Gasteiger partial charge in [-0.25, -0.2) is 4.79 Å². The molecule has 0 atom stereocenters. The van der Waals surface area contributed by atoms with Gasteiger partial charge in [0.15, 0.2) is 0 Å².